The van der Waals surface area contributed by atoms with E-state index in [-0.39, 0.29) is 6.10 Å². The van der Waals surface area contributed by atoms with Crippen LogP contribution in [0.4, 0.5) is 0 Å². The molecule has 1 aliphatic rings. The number of fused-ring (bicyclic) bond motifs is 1. The molecule has 1 N–H and O–H groups in total. The number of aromatic nitrogens is 1. The summed E-state index contributed by atoms with van der Waals surface area (Å²) in [6.45, 7) is 0. The highest BCUT2D eigenvalue weighted by Gasteiger charge is 2.20. The van der Waals surface area contributed by atoms with Crippen molar-refractivity contribution < 1.29 is 5.11 Å². The van der Waals surface area contributed by atoms with Gasteiger partial charge in [0.05, 0.1) is 11.6 Å². The molecule has 1 fully saturated rings. The van der Waals surface area contributed by atoms with Crippen LogP contribution in [0.15, 0.2) is 36.5 Å². The largest absolute Gasteiger partial charge is 0.388 e. The number of aliphatic hydroxyl groups excluding tert-OH is 1. The summed E-state index contributed by atoms with van der Waals surface area (Å²) < 4.78 is 0. The van der Waals surface area contributed by atoms with Gasteiger partial charge in [-0.25, -0.2) is 0 Å². The smallest absolute Gasteiger partial charge is 0.0799 e. The van der Waals surface area contributed by atoms with Crippen molar-refractivity contribution in [1.82, 2.24) is 4.98 Å². The van der Waals surface area contributed by atoms with Gasteiger partial charge < -0.3 is 5.11 Å². The van der Waals surface area contributed by atoms with Gasteiger partial charge in [0.15, 0.2) is 0 Å². The first-order valence-corrected chi connectivity index (χ1v) is 6.86. The van der Waals surface area contributed by atoms with Crippen molar-refractivity contribution in [3.8, 4) is 0 Å². The van der Waals surface area contributed by atoms with Crippen molar-refractivity contribution in [2.45, 2.75) is 38.2 Å². The third kappa shape index (κ3) is 2.25. The molecule has 1 heterocycles. The van der Waals surface area contributed by atoms with Crippen molar-refractivity contribution in [2.75, 3.05) is 0 Å². The van der Waals surface area contributed by atoms with E-state index in [2.05, 4.69) is 11.1 Å². The quantitative estimate of drug-likeness (QED) is 0.885. The number of nitrogens with zero attached hydrogens (tertiary/aromatic N) is 1. The highest BCUT2D eigenvalue weighted by Crippen LogP contribution is 2.34. The minimum Gasteiger partial charge on any atom is -0.388 e. The van der Waals surface area contributed by atoms with Crippen LogP contribution < -0.4 is 0 Å². The van der Waals surface area contributed by atoms with Gasteiger partial charge in [-0.15, -0.1) is 0 Å². The van der Waals surface area contributed by atoms with Crippen LogP contribution in [0.2, 0.25) is 0 Å². The van der Waals surface area contributed by atoms with E-state index in [0.717, 1.165) is 22.9 Å². The average Bonchev–Trinajstić information content (AvgIpc) is 2.91. The lowest BCUT2D eigenvalue weighted by atomic mass is 9.94. The van der Waals surface area contributed by atoms with Gasteiger partial charge >= 0.3 is 0 Å². The molecule has 0 aliphatic heterocycles. The molecular weight excluding hydrogens is 222 g/mol. The molecule has 0 saturated heterocycles. The molecule has 1 aliphatic carbocycles. The van der Waals surface area contributed by atoms with Gasteiger partial charge in [-0.05, 0) is 30.0 Å². The Morgan fingerprint density at radius 2 is 1.94 bits per heavy atom. The number of hydrogen-bond acceptors (Lipinski definition) is 2. The molecule has 1 atom stereocenters. The predicted molar refractivity (Wildman–Crippen MR) is 73.3 cm³/mol. The molecule has 2 nitrogen and oxygen atoms in total. The van der Waals surface area contributed by atoms with Gasteiger partial charge in [0.25, 0.3) is 0 Å². The molecule has 0 amide bonds. The summed E-state index contributed by atoms with van der Waals surface area (Å²) in [5.41, 5.74) is 2.01. The Balaban J connectivity index is 1.88. The number of pyridine rings is 1. The molecule has 2 heteroatoms. The van der Waals surface area contributed by atoms with Gasteiger partial charge in [0, 0.05) is 11.6 Å². The van der Waals surface area contributed by atoms with Crippen LogP contribution in [0.3, 0.4) is 0 Å². The zero-order valence-electron chi connectivity index (χ0n) is 10.5. The summed E-state index contributed by atoms with van der Waals surface area (Å²) >= 11 is 0. The van der Waals surface area contributed by atoms with E-state index in [1.165, 1.54) is 25.7 Å². The van der Waals surface area contributed by atoms with Crippen LogP contribution in [-0.4, -0.2) is 10.1 Å². The minimum absolute atomic E-state index is 0.346. The summed E-state index contributed by atoms with van der Waals surface area (Å²) in [4.78, 5) is 4.34. The van der Waals surface area contributed by atoms with E-state index < -0.39 is 0 Å². The topological polar surface area (TPSA) is 33.1 Å². The SMILES string of the molecule is OC(CC1CCCC1)c1ccnc2ccccc12. The molecule has 1 saturated carbocycles. The fourth-order valence-electron chi connectivity index (χ4n) is 3.10. The Kier molecular flexibility index (Phi) is 3.28. The highest BCUT2D eigenvalue weighted by atomic mass is 16.3. The number of aliphatic hydroxyl groups is 1. The molecule has 0 spiro atoms. The molecular formula is C16H19NO. The molecule has 1 aromatic carbocycles. The summed E-state index contributed by atoms with van der Waals surface area (Å²) in [5, 5.41) is 11.5. The lowest BCUT2D eigenvalue weighted by molar-refractivity contribution is 0.146. The second-order valence-electron chi connectivity index (χ2n) is 5.32. The third-order valence-electron chi connectivity index (χ3n) is 4.07. The Bertz CT molecular complexity index is 526. The highest BCUT2D eigenvalue weighted by molar-refractivity contribution is 5.82. The first kappa shape index (κ1) is 11.7. The molecule has 2 aromatic rings. The van der Waals surface area contributed by atoms with E-state index in [9.17, 15) is 5.11 Å². The van der Waals surface area contributed by atoms with Crippen molar-refractivity contribution in [2.24, 2.45) is 5.92 Å². The monoisotopic (exact) mass is 241 g/mol. The molecule has 94 valence electrons. The lowest BCUT2D eigenvalue weighted by Crippen LogP contribution is -2.05. The van der Waals surface area contributed by atoms with E-state index in [1.54, 1.807) is 6.20 Å². The Hall–Kier alpha value is -1.41. The van der Waals surface area contributed by atoms with Crippen molar-refractivity contribution in [3.63, 3.8) is 0 Å². The van der Waals surface area contributed by atoms with E-state index in [4.69, 9.17) is 0 Å². The molecule has 0 bridgehead atoms. The molecule has 0 radical (unpaired) electrons. The van der Waals surface area contributed by atoms with Crippen molar-refractivity contribution in [1.29, 1.82) is 0 Å². The minimum atomic E-state index is -0.346. The number of para-hydroxylation sites is 1. The van der Waals surface area contributed by atoms with Crippen LogP contribution >= 0.6 is 0 Å². The first-order chi connectivity index (χ1) is 8.84. The van der Waals surface area contributed by atoms with Gasteiger partial charge in [-0.1, -0.05) is 43.9 Å². The van der Waals surface area contributed by atoms with Crippen LogP contribution in [-0.2, 0) is 0 Å². The predicted octanol–water partition coefficient (Wildman–Crippen LogP) is 3.85. The van der Waals surface area contributed by atoms with Crippen LogP contribution in [0.5, 0.6) is 0 Å². The molecule has 18 heavy (non-hydrogen) atoms. The standard InChI is InChI=1S/C16H19NO/c18-16(11-12-5-1-2-6-12)14-9-10-17-15-8-4-3-7-13(14)15/h3-4,7-10,12,16,18H,1-2,5-6,11H2. The second kappa shape index (κ2) is 5.07. The number of benzene rings is 1. The summed E-state index contributed by atoms with van der Waals surface area (Å²) in [6.07, 6.45) is 7.56. The average molecular weight is 241 g/mol. The van der Waals surface area contributed by atoms with Crippen LogP contribution in [0.1, 0.15) is 43.8 Å². The molecule has 1 aromatic heterocycles. The number of hydrogen-bond donors (Lipinski definition) is 1. The second-order valence-corrected chi connectivity index (χ2v) is 5.32. The van der Waals surface area contributed by atoms with Crippen molar-refractivity contribution in [3.05, 3.63) is 42.1 Å². The summed E-state index contributed by atoms with van der Waals surface area (Å²) in [5.74, 6) is 0.701. The van der Waals surface area contributed by atoms with Gasteiger partial charge in [0.1, 0.15) is 0 Å². The van der Waals surface area contributed by atoms with Gasteiger partial charge in [-0.2, -0.15) is 0 Å². The van der Waals surface area contributed by atoms with Gasteiger partial charge in [0.2, 0.25) is 0 Å². The summed E-state index contributed by atoms with van der Waals surface area (Å²) in [6, 6.07) is 10.0. The third-order valence-corrected chi connectivity index (χ3v) is 4.07. The van der Waals surface area contributed by atoms with Crippen LogP contribution in [0, 0.1) is 5.92 Å². The first-order valence-electron chi connectivity index (χ1n) is 6.86. The Morgan fingerprint density at radius 3 is 2.78 bits per heavy atom. The van der Waals surface area contributed by atoms with E-state index in [0.29, 0.717) is 5.92 Å². The molecule has 3 rings (SSSR count). The Morgan fingerprint density at radius 1 is 1.17 bits per heavy atom. The number of rotatable bonds is 3. The molecule has 1 unspecified atom stereocenters. The Labute approximate surface area is 108 Å². The normalized spacial score (nSPS) is 18.3. The van der Waals surface area contributed by atoms with E-state index >= 15 is 0 Å². The maximum Gasteiger partial charge on any atom is 0.0799 e. The van der Waals surface area contributed by atoms with Gasteiger partial charge in [-0.3, -0.25) is 4.98 Å². The fourth-order valence-corrected chi connectivity index (χ4v) is 3.10. The van der Waals surface area contributed by atoms with Crippen molar-refractivity contribution >= 4 is 10.9 Å². The lowest BCUT2D eigenvalue weighted by Gasteiger charge is -2.17. The zero-order valence-corrected chi connectivity index (χ0v) is 10.5. The fraction of sp³-hybridized carbons (Fsp3) is 0.438. The maximum absolute atomic E-state index is 10.5. The van der Waals surface area contributed by atoms with E-state index in [1.807, 2.05) is 24.3 Å². The van der Waals surface area contributed by atoms with Crippen LogP contribution in [0.25, 0.3) is 10.9 Å². The summed E-state index contributed by atoms with van der Waals surface area (Å²) in [7, 11) is 0. The maximum atomic E-state index is 10.5. The zero-order chi connectivity index (χ0) is 12.4.